The molecule has 2 heterocycles. The second-order valence-corrected chi connectivity index (χ2v) is 4.98. The van der Waals surface area contributed by atoms with Gasteiger partial charge in [0.2, 0.25) is 0 Å². The van der Waals surface area contributed by atoms with Crippen LogP contribution in [0.2, 0.25) is 0 Å². The van der Waals surface area contributed by atoms with Crippen LogP contribution in [0.4, 0.5) is 0 Å². The van der Waals surface area contributed by atoms with Gasteiger partial charge in [0.05, 0.1) is 10.7 Å². The molecule has 0 aliphatic heterocycles. The fraction of sp³-hybridized carbons (Fsp3) is 0.455. The smallest absolute Gasteiger partial charge is 0.0947 e. The highest BCUT2D eigenvalue weighted by atomic mass is 32.1. The Morgan fingerprint density at radius 1 is 1.50 bits per heavy atom. The third-order valence-corrected chi connectivity index (χ3v) is 3.50. The maximum Gasteiger partial charge on any atom is 0.0947 e. The van der Waals surface area contributed by atoms with E-state index in [1.807, 2.05) is 27.1 Å². The van der Waals surface area contributed by atoms with Crippen molar-refractivity contribution in [3.8, 4) is 0 Å². The van der Waals surface area contributed by atoms with E-state index in [-0.39, 0.29) is 6.04 Å². The van der Waals surface area contributed by atoms with E-state index in [9.17, 15) is 0 Å². The normalized spacial score (nSPS) is 13.0. The molecule has 4 nitrogen and oxygen atoms in total. The Labute approximate surface area is 99.1 Å². The lowest BCUT2D eigenvalue weighted by Crippen LogP contribution is -2.13. The summed E-state index contributed by atoms with van der Waals surface area (Å²) in [5.74, 6) is 0. The number of aryl methyl sites for hydroxylation is 3. The van der Waals surface area contributed by atoms with Crippen molar-refractivity contribution in [1.29, 1.82) is 0 Å². The SMILES string of the molecule is Cc1csc(CC(N)c2cn(C)nc2C)n1. The van der Waals surface area contributed by atoms with Gasteiger partial charge in [0.1, 0.15) is 0 Å². The highest BCUT2D eigenvalue weighted by Gasteiger charge is 2.14. The minimum atomic E-state index is -0.0146. The number of hydrogen-bond donors (Lipinski definition) is 1. The molecule has 2 aromatic heterocycles. The van der Waals surface area contributed by atoms with E-state index in [0.29, 0.717) is 0 Å². The first-order valence-electron chi connectivity index (χ1n) is 5.23. The quantitative estimate of drug-likeness (QED) is 0.883. The maximum absolute atomic E-state index is 6.16. The van der Waals surface area contributed by atoms with Crippen molar-refractivity contribution in [3.05, 3.63) is 33.5 Å². The third-order valence-electron chi connectivity index (χ3n) is 2.51. The number of rotatable bonds is 3. The van der Waals surface area contributed by atoms with Crippen LogP contribution in [0.1, 0.15) is 28.0 Å². The zero-order valence-corrected chi connectivity index (χ0v) is 10.6. The molecule has 0 aromatic carbocycles. The molecule has 0 aliphatic carbocycles. The zero-order valence-electron chi connectivity index (χ0n) is 9.77. The van der Waals surface area contributed by atoms with Crippen molar-refractivity contribution >= 4 is 11.3 Å². The molecule has 0 amide bonds. The maximum atomic E-state index is 6.16. The molecule has 2 rings (SSSR count). The molecule has 2 N–H and O–H groups in total. The zero-order chi connectivity index (χ0) is 11.7. The predicted octanol–water partition coefficient (Wildman–Crippen LogP) is 1.74. The Kier molecular flexibility index (Phi) is 3.07. The number of nitrogens with two attached hydrogens (primary N) is 1. The van der Waals surface area contributed by atoms with Crippen LogP contribution in [0.5, 0.6) is 0 Å². The molecule has 1 unspecified atom stereocenters. The molecule has 0 saturated carbocycles. The first-order chi connectivity index (χ1) is 7.56. The average Bonchev–Trinajstić information content (AvgIpc) is 2.73. The van der Waals surface area contributed by atoms with Gasteiger partial charge in [-0.3, -0.25) is 4.68 Å². The largest absolute Gasteiger partial charge is 0.323 e. The van der Waals surface area contributed by atoms with Crippen LogP contribution in [0.3, 0.4) is 0 Å². The Hall–Kier alpha value is -1.20. The van der Waals surface area contributed by atoms with Crippen LogP contribution in [0, 0.1) is 13.8 Å². The highest BCUT2D eigenvalue weighted by Crippen LogP contribution is 2.20. The van der Waals surface area contributed by atoms with Crippen molar-refractivity contribution in [2.75, 3.05) is 0 Å². The van der Waals surface area contributed by atoms with E-state index < -0.39 is 0 Å². The van der Waals surface area contributed by atoms with Crippen molar-refractivity contribution in [1.82, 2.24) is 14.8 Å². The number of aromatic nitrogens is 3. The van der Waals surface area contributed by atoms with Crippen molar-refractivity contribution in [2.24, 2.45) is 12.8 Å². The van der Waals surface area contributed by atoms with Crippen LogP contribution >= 0.6 is 11.3 Å². The van der Waals surface area contributed by atoms with E-state index in [1.54, 1.807) is 16.0 Å². The summed E-state index contributed by atoms with van der Waals surface area (Å²) >= 11 is 1.67. The van der Waals surface area contributed by atoms with Crippen LogP contribution in [0.25, 0.3) is 0 Å². The van der Waals surface area contributed by atoms with Gasteiger partial charge in [-0.05, 0) is 13.8 Å². The topological polar surface area (TPSA) is 56.7 Å². The number of nitrogens with zero attached hydrogens (tertiary/aromatic N) is 3. The third kappa shape index (κ3) is 2.31. The number of thiazole rings is 1. The lowest BCUT2D eigenvalue weighted by Gasteiger charge is -2.07. The molecule has 0 spiro atoms. The summed E-state index contributed by atoms with van der Waals surface area (Å²) in [5, 5.41) is 7.44. The molecule has 0 bridgehead atoms. The van der Waals surface area contributed by atoms with E-state index >= 15 is 0 Å². The fourth-order valence-electron chi connectivity index (χ4n) is 1.78. The van der Waals surface area contributed by atoms with Gasteiger partial charge < -0.3 is 5.73 Å². The highest BCUT2D eigenvalue weighted by molar-refractivity contribution is 7.09. The van der Waals surface area contributed by atoms with Gasteiger partial charge in [0, 0.05) is 42.3 Å². The molecule has 1 atom stereocenters. The van der Waals surface area contributed by atoms with Crippen LogP contribution < -0.4 is 5.73 Å². The summed E-state index contributed by atoms with van der Waals surface area (Å²) in [7, 11) is 1.91. The lowest BCUT2D eigenvalue weighted by atomic mass is 10.1. The molecular weight excluding hydrogens is 220 g/mol. The number of hydrogen-bond acceptors (Lipinski definition) is 4. The van der Waals surface area contributed by atoms with Crippen LogP contribution in [-0.2, 0) is 13.5 Å². The van der Waals surface area contributed by atoms with Gasteiger partial charge in [-0.25, -0.2) is 4.98 Å². The van der Waals surface area contributed by atoms with Crippen molar-refractivity contribution in [3.63, 3.8) is 0 Å². The first-order valence-corrected chi connectivity index (χ1v) is 6.11. The second kappa shape index (κ2) is 4.35. The Balaban J connectivity index is 2.14. The summed E-state index contributed by atoms with van der Waals surface area (Å²) < 4.78 is 1.80. The van der Waals surface area contributed by atoms with Gasteiger partial charge in [-0.2, -0.15) is 5.10 Å². The van der Waals surface area contributed by atoms with Gasteiger partial charge in [0.25, 0.3) is 0 Å². The van der Waals surface area contributed by atoms with Crippen molar-refractivity contribution < 1.29 is 0 Å². The van der Waals surface area contributed by atoms with E-state index in [0.717, 1.165) is 28.4 Å². The molecule has 2 aromatic rings. The van der Waals surface area contributed by atoms with Crippen LogP contribution in [0.15, 0.2) is 11.6 Å². The minimum Gasteiger partial charge on any atom is -0.323 e. The molecule has 0 fully saturated rings. The van der Waals surface area contributed by atoms with Gasteiger partial charge in [-0.1, -0.05) is 0 Å². The van der Waals surface area contributed by atoms with Crippen molar-refractivity contribution in [2.45, 2.75) is 26.3 Å². The molecule has 0 radical (unpaired) electrons. The fourth-order valence-corrected chi connectivity index (χ4v) is 2.61. The van der Waals surface area contributed by atoms with Crippen LogP contribution in [-0.4, -0.2) is 14.8 Å². The standard InChI is InChI=1S/C11H16N4S/c1-7-6-16-11(13-7)4-10(12)9-5-15(3)14-8(9)2/h5-6,10H,4,12H2,1-3H3. The summed E-state index contributed by atoms with van der Waals surface area (Å²) in [4.78, 5) is 4.42. The summed E-state index contributed by atoms with van der Waals surface area (Å²) in [6.07, 6.45) is 2.77. The molecule has 0 saturated heterocycles. The lowest BCUT2D eigenvalue weighted by molar-refractivity contribution is 0.710. The van der Waals surface area contributed by atoms with E-state index in [4.69, 9.17) is 5.73 Å². The molecule has 0 aliphatic rings. The van der Waals surface area contributed by atoms with E-state index in [1.165, 1.54) is 0 Å². The monoisotopic (exact) mass is 236 g/mol. The van der Waals surface area contributed by atoms with Gasteiger partial charge >= 0.3 is 0 Å². The van der Waals surface area contributed by atoms with E-state index in [2.05, 4.69) is 15.5 Å². The summed E-state index contributed by atoms with van der Waals surface area (Å²) in [6.45, 7) is 3.99. The molecule has 86 valence electrons. The second-order valence-electron chi connectivity index (χ2n) is 4.04. The predicted molar refractivity (Wildman–Crippen MR) is 65.4 cm³/mol. The molecule has 5 heteroatoms. The molecular formula is C11H16N4S. The molecule has 16 heavy (non-hydrogen) atoms. The summed E-state index contributed by atoms with van der Waals surface area (Å²) in [5.41, 5.74) is 9.34. The van der Waals surface area contributed by atoms with Gasteiger partial charge in [-0.15, -0.1) is 11.3 Å². The Bertz CT molecular complexity index is 486. The Morgan fingerprint density at radius 2 is 2.25 bits per heavy atom. The Morgan fingerprint density at radius 3 is 2.75 bits per heavy atom. The van der Waals surface area contributed by atoms with Gasteiger partial charge in [0.15, 0.2) is 0 Å². The minimum absolute atomic E-state index is 0.0146. The summed E-state index contributed by atoms with van der Waals surface area (Å²) in [6, 6.07) is -0.0146. The first kappa shape index (κ1) is 11.3. The average molecular weight is 236 g/mol.